The number of ether oxygens (including phenoxy) is 1. The first-order chi connectivity index (χ1) is 11.4. The molecule has 0 radical (unpaired) electrons. The molecular weight excluding hydrogens is 308 g/mol. The summed E-state index contributed by atoms with van der Waals surface area (Å²) in [6.07, 6.45) is 6.56. The second-order valence-corrected chi connectivity index (χ2v) is 6.59. The van der Waals surface area contributed by atoms with Gasteiger partial charge in [-0.05, 0) is 44.4 Å². The number of nitrogens with zero attached hydrogens (tertiary/aromatic N) is 1. The van der Waals surface area contributed by atoms with Gasteiger partial charge in [0.05, 0.1) is 12.1 Å². The van der Waals surface area contributed by atoms with E-state index in [1.54, 1.807) is 24.3 Å². The molecule has 0 aromatic heterocycles. The maximum Gasteiger partial charge on any atom is 0.314 e. The average molecular weight is 332 g/mol. The molecular formula is C18H24N2O4. The van der Waals surface area contributed by atoms with E-state index in [-0.39, 0.29) is 11.9 Å². The van der Waals surface area contributed by atoms with Gasteiger partial charge < -0.3 is 9.84 Å². The molecule has 6 nitrogen and oxygen atoms in total. The van der Waals surface area contributed by atoms with Crippen molar-refractivity contribution in [3.05, 3.63) is 29.8 Å². The van der Waals surface area contributed by atoms with Crippen molar-refractivity contribution in [3.8, 4) is 5.75 Å². The summed E-state index contributed by atoms with van der Waals surface area (Å²) >= 11 is 0. The SMILES string of the molecule is CC(C)(O)C(=O)NN=Cc1cccc(OC(=O)C2CCCCC2)c1. The molecule has 1 aromatic rings. The summed E-state index contributed by atoms with van der Waals surface area (Å²) < 4.78 is 5.45. The van der Waals surface area contributed by atoms with E-state index in [1.165, 1.54) is 26.5 Å². The van der Waals surface area contributed by atoms with E-state index in [2.05, 4.69) is 10.5 Å². The number of esters is 1. The lowest BCUT2D eigenvalue weighted by molar-refractivity contribution is -0.140. The van der Waals surface area contributed by atoms with E-state index < -0.39 is 11.5 Å². The van der Waals surface area contributed by atoms with Gasteiger partial charge in [0.15, 0.2) is 0 Å². The lowest BCUT2D eigenvalue weighted by Crippen LogP contribution is -2.39. The third-order valence-electron chi connectivity index (χ3n) is 3.95. The number of benzene rings is 1. The lowest BCUT2D eigenvalue weighted by Gasteiger charge is -2.19. The molecule has 0 saturated heterocycles. The fourth-order valence-corrected chi connectivity index (χ4v) is 2.50. The molecule has 2 N–H and O–H groups in total. The summed E-state index contributed by atoms with van der Waals surface area (Å²) in [5, 5.41) is 13.3. The van der Waals surface area contributed by atoms with E-state index in [1.807, 2.05) is 0 Å². The highest BCUT2D eigenvalue weighted by atomic mass is 16.5. The van der Waals surface area contributed by atoms with Crippen LogP contribution in [0.5, 0.6) is 5.75 Å². The number of carbonyl (C=O) groups is 2. The van der Waals surface area contributed by atoms with Crippen molar-refractivity contribution in [1.29, 1.82) is 0 Å². The van der Waals surface area contributed by atoms with Crippen LogP contribution in [0, 0.1) is 5.92 Å². The third kappa shape index (κ3) is 5.45. The van der Waals surface area contributed by atoms with Gasteiger partial charge in [-0.3, -0.25) is 9.59 Å². The van der Waals surface area contributed by atoms with Crippen LogP contribution in [0.3, 0.4) is 0 Å². The molecule has 0 aliphatic heterocycles. The Labute approximate surface area is 141 Å². The summed E-state index contributed by atoms with van der Waals surface area (Å²) in [6.45, 7) is 2.76. The summed E-state index contributed by atoms with van der Waals surface area (Å²) in [4.78, 5) is 23.6. The van der Waals surface area contributed by atoms with Crippen molar-refractivity contribution in [2.24, 2.45) is 11.0 Å². The molecule has 1 amide bonds. The molecule has 24 heavy (non-hydrogen) atoms. The lowest BCUT2D eigenvalue weighted by atomic mass is 9.89. The van der Waals surface area contributed by atoms with Crippen molar-refractivity contribution < 1.29 is 19.4 Å². The maximum absolute atomic E-state index is 12.2. The van der Waals surface area contributed by atoms with E-state index in [0.717, 1.165) is 25.7 Å². The predicted octanol–water partition coefficient (Wildman–Crippen LogP) is 2.39. The first-order valence-corrected chi connectivity index (χ1v) is 8.24. The number of aliphatic hydroxyl groups is 1. The highest BCUT2D eigenvalue weighted by molar-refractivity contribution is 5.86. The minimum absolute atomic E-state index is 0.0119. The van der Waals surface area contributed by atoms with Crippen molar-refractivity contribution >= 4 is 18.1 Å². The summed E-state index contributed by atoms with van der Waals surface area (Å²) in [7, 11) is 0. The Bertz CT molecular complexity index is 614. The predicted molar refractivity (Wildman–Crippen MR) is 90.7 cm³/mol. The van der Waals surface area contributed by atoms with Gasteiger partial charge >= 0.3 is 5.97 Å². The largest absolute Gasteiger partial charge is 0.426 e. The molecule has 6 heteroatoms. The van der Waals surface area contributed by atoms with Crippen LogP contribution in [0.4, 0.5) is 0 Å². The topological polar surface area (TPSA) is 88.0 Å². The van der Waals surface area contributed by atoms with Crippen LogP contribution in [0.2, 0.25) is 0 Å². The molecule has 0 atom stereocenters. The molecule has 1 aliphatic carbocycles. The number of carbonyl (C=O) groups excluding carboxylic acids is 2. The summed E-state index contributed by atoms with van der Waals surface area (Å²) in [5.74, 6) is -0.330. The summed E-state index contributed by atoms with van der Waals surface area (Å²) in [5.41, 5.74) is 1.44. The van der Waals surface area contributed by atoms with Gasteiger partial charge in [-0.15, -0.1) is 0 Å². The van der Waals surface area contributed by atoms with E-state index in [9.17, 15) is 14.7 Å². The molecule has 2 rings (SSSR count). The van der Waals surface area contributed by atoms with E-state index in [4.69, 9.17) is 4.74 Å². The van der Waals surface area contributed by atoms with Crippen LogP contribution >= 0.6 is 0 Å². The van der Waals surface area contributed by atoms with Gasteiger partial charge in [-0.1, -0.05) is 31.4 Å². The standard InChI is InChI=1S/C18H24N2O4/c1-18(2,23)17(22)20-19-12-13-7-6-10-15(11-13)24-16(21)14-8-4-3-5-9-14/h6-7,10-12,14,23H,3-5,8-9H2,1-2H3,(H,20,22). The fourth-order valence-electron chi connectivity index (χ4n) is 2.50. The van der Waals surface area contributed by atoms with Crippen molar-refractivity contribution in [2.75, 3.05) is 0 Å². The Morgan fingerprint density at radius 3 is 2.67 bits per heavy atom. The van der Waals surface area contributed by atoms with Crippen LogP contribution in [0.25, 0.3) is 0 Å². The van der Waals surface area contributed by atoms with Crippen molar-refractivity contribution in [3.63, 3.8) is 0 Å². The van der Waals surface area contributed by atoms with Crippen LogP contribution in [0.1, 0.15) is 51.5 Å². The van der Waals surface area contributed by atoms with E-state index in [0.29, 0.717) is 11.3 Å². The van der Waals surface area contributed by atoms with Gasteiger partial charge in [0.2, 0.25) is 0 Å². The maximum atomic E-state index is 12.2. The van der Waals surface area contributed by atoms with Crippen LogP contribution < -0.4 is 10.2 Å². The molecule has 130 valence electrons. The molecule has 1 aliphatic rings. The Kier molecular flexibility index (Phi) is 6.09. The van der Waals surface area contributed by atoms with Gasteiger partial charge in [-0.25, -0.2) is 5.43 Å². The second-order valence-electron chi connectivity index (χ2n) is 6.59. The number of rotatable bonds is 5. The number of amides is 1. The summed E-state index contributed by atoms with van der Waals surface area (Å²) in [6, 6.07) is 6.92. The molecule has 0 spiro atoms. The smallest absolute Gasteiger partial charge is 0.314 e. The molecule has 1 fully saturated rings. The quantitative estimate of drug-likeness (QED) is 0.375. The van der Waals surface area contributed by atoms with Gasteiger partial charge in [-0.2, -0.15) is 5.10 Å². The van der Waals surface area contributed by atoms with E-state index >= 15 is 0 Å². The Morgan fingerprint density at radius 1 is 1.29 bits per heavy atom. The molecule has 0 bridgehead atoms. The molecule has 1 aromatic carbocycles. The Hall–Kier alpha value is -2.21. The third-order valence-corrected chi connectivity index (χ3v) is 3.95. The van der Waals surface area contributed by atoms with Gasteiger partial charge in [0, 0.05) is 0 Å². The Balaban J connectivity index is 1.93. The average Bonchev–Trinajstić information content (AvgIpc) is 2.55. The van der Waals surface area contributed by atoms with Crippen LogP contribution in [-0.4, -0.2) is 28.8 Å². The molecule has 0 heterocycles. The zero-order valence-corrected chi connectivity index (χ0v) is 14.1. The van der Waals surface area contributed by atoms with Gasteiger partial charge in [0.1, 0.15) is 11.4 Å². The zero-order valence-electron chi connectivity index (χ0n) is 14.1. The first-order valence-electron chi connectivity index (χ1n) is 8.24. The minimum Gasteiger partial charge on any atom is -0.426 e. The fraction of sp³-hybridized carbons (Fsp3) is 0.500. The monoisotopic (exact) mass is 332 g/mol. The first kappa shape index (κ1) is 18.1. The van der Waals surface area contributed by atoms with Crippen LogP contribution in [0.15, 0.2) is 29.4 Å². The van der Waals surface area contributed by atoms with Crippen molar-refractivity contribution in [2.45, 2.75) is 51.6 Å². The number of hydrogen-bond donors (Lipinski definition) is 2. The number of hydrazone groups is 1. The number of hydrogen-bond acceptors (Lipinski definition) is 5. The van der Waals surface area contributed by atoms with Gasteiger partial charge in [0.25, 0.3) is 5.91 Å². The molecule has 0 unspecified atom stereocenters. The minimum atomic E-state index is -1.49. The Morgan fingerprint density at radius 2 is 2.00 bits per heavy atom. The highest BCUT2D eigenvalue weighted by Crippen LogP contribution is 2.25. The van der Waals surface area contributed by atoms with Crippen molar-refractivity contribution in [1.82, 2.24) is 5.43 Å². The number of nitrogens with one attached hydrogen (secondary N) is 1. The van der Waals surface area contributed by atoms with Crippen LogP contribution in [-0.2, 0) is 9.59 Å². The normalized spacial score (nSPS) is 16.1. The zero-order chi connectivity index (χ0) is 17.6. The molecule has 1 saturated carbocycles. The second kappa shape index (κ2) is 8.06. The highest BCUT2D eigenvalue weighted by Gasteiger charge is 2.23.